The van der Waals surface area contributed by atoms with Crippen molar-refractivity contribution in [3.05, 3.63) is 0 Å². The highest BCUT2D eigenvalue weighted by Gasteiger charge is 2.39. The van der Waals surface area contributed by atoms with Crippen LogP contribution in [0.3, 0.4) is 0 Å². The summed E-state index contributed by atoms with van der Waals surface area (Å²) >= 11 is 0. The predicted molar refractivity (Wildman–Crippen MR) is 74.3 cm³/mol. The zero-order chi connectivity index (χ0) is 12.3. The molecular weight excluding hydrogens is 208 g/mol. The minimum atomic E-state index is 0.761. The number of hydrogen-bond donors (Lipinski definition) is 0. The van der Waals surface area contributed by atoms with Crippen molar-refractivity contribution >= 4 is 0 Å². The molecule has 0 aromatic heterocycles. The van der Waals surface area contributed by atoms with Crippen molar-refractivity contribution in [2.75, 3.05) is 40.3 Å². The smallest absolute Gasteiger partial charge is 0.000654 e. The largest absolute Gasteiger partial charge is 0.309 e. The minimum Gasteiger partial charge on any atom is -0.309 e. The van der Waals surface area contributed by atoms with Crippen molar-refractivity contribution < 1.29 is 0 Å². The van der Waals surface area contributed by atoms with Crippen LogP contribution < -0.4 is 0 Å². The Morgan fingerprint density at radius 1 is 1.18 bits per heavy atom. The van der Waals surface area contributed by atoms with E-state index in [-0.39, 0.29) is 0 Å². The minimum absolute atomic E-state index is 0.761. The normalized spacial score (nSPS) is 29.3. The lowest BCUT2D eigenvalue weighted by Crippen LogP contribution is -2.40. The zero-order valence-corrected chi connectivity index (χ0v) is 12.0. The van der Waals surface area contributed by atoms with Crippen molar-refractivity contribution in [1.82, 2.24) is 9.80 Å². The van der Waals surface area contributed by atoms with Gasteiger partial charge in [0, 0.05) is 0 Å². The Hall–Kier alpha value is -0.0800. The van der Waals surface area contributed by atoms with Crippen LogP contribution in [0.4, 0.5) is 0 Å². The third-order valence-corrected chi connectivity index (χ3v) is 4.95. The van der Waals surface area contributed by atoms with Crippen LogP contribution in [0.5, 0.6) is 0 Å². The summed E-state index contributed by atoms with van der Waals surface area (Å²) in [7, 11) is 4.34. The second kappa shape index (κ2) is 5.71. The van der Waals surface area contributed by atoms with Crippen LogP contribution in [0.25, 0.3) is 0 Å². The molecule has 0 amide bonds. The number of nitrogens with zero attached hydrogens (tertiary/aromatic N) is 2. The zero-order valence-electron chi connectivity index (χ0n) is 12.0. The number of hydrogen-bond acceptors (Lipinski definition) is 2. The third-order valence-electron chi connectivity index (χ3n) is 4.95. The van der Waals surface area contributed by atoms with Crippen molar-refractivity contribution in [3.63, 3.8) is 0 Å². The number of rotatable bonds is 4. The molecule has 1 heterocycles. The van der Waals surface area contributed by atoms with Crippen LogP contribution in [-0.4, -0.2) is 50.1 Å². The fourth-order valence-corrected chi connectivity index (χ4v) is 3.81. The van der Waals surface area contributed by atoms with Crippen molar-refractivity contribution in [3.8, 4) is 0 Å². The van der Waals surface area contributed by atoms with Gasteiger partial charge >= 0.3 is 0 Å². The third kappa shape index (κ3) is 3.69. The SMILES string of the molecule is C[C@H]1CCC2(CCN(CCCN(C)C)CC2)C1. The molecule has 17 heavy (non-hydrogen) atoms. The van der Waals surface area contributed by atoms with Crippen molar-refractivity contribution in [2.24, 2.45) is 11.3 Å². The van der Waals surface area contributed by atoms with E-state index in [0.29, 0.717) is 0 Å². The molecule has 2 heteroatoms. The molecule has 2 nitrogen and oxygen atoms in total. The van der Waals surface area contributed by atoms with E-state index in [1.807, 2.05) is 0 Å². The van der Waals surface area contributed by atoms with Gasteiger partial charge in [0.2, 0.25) is 0 Å². The Balaban J connectivity index is 1.67. The van der Waals surface area contributed by atoms with Gasteiger partial charge < -0.3 is 9.80 Å². The molecule has 0 N–H and O–H groups in total. The summed E-state index contributed by atoms with van der Waals surface area (Å²) in [5, 5.41) is 0. The Morgan fingerprint density at radius 3 is 2.41 bits per heavy atom. The highest BCUT2D eigenvalue weighted by atomic mass is 15.1. The predicted octanol–water partition coefficient (Wildman–Crippen LogP) is 2.84. The fraction of sp³-hybridized carbons (Fsp3) is 1.00. The second-order valence-corrected chi connectivity index (χ2v) is 6.85. The molecule has 1 aliphatic heterocycles. The summed E-state index contributed by atoms with van der Waals surface area (Å²) in [6.45, 7) is 7.71. The maximum atomic E-state index is 2.69. The van der Waals surface area contributed by atoms with Gasteiger partial charge in [-0.2, -0.15) is 0 Å². The molecule has 2 rings (SSSR count). The van der Waals surface area contributed by atoms with Gasteiger partial charge in [-0.05, 0) is 83.7 Å². The lowest BCUT2D eigenvalue weighted by molar-refractivity contribution is 0.103. The van der Waals surface area contributed by atoms with Crippen LogP contribution in [0.15, 0.2) is 0 Å². The Labute approximate surface area is 107 Å². The van der Waals surface area contributed by atoms with Gasteiger partial charge in [-0.25, -0.2) is 0 Å². The molecule has 1 atom stereocenters. The summed E-state index contributed by atoms with van der Waals surface area (Å²) in [6, 6.07) is 0. The first-order valence-corrected chi connectivity index (χ1v) is 7.47. The average molecular weight is 238 g/mol. The maximum absolute atomic E-state index is 2.69. The van der Waals surface area contributed by atoms with Crippen molar-refractivity contribution in [1.29, 1.82) is 0 Å². The van der Waals surface area contributed by atoms with E-state index in [1.165, 1.54) is 64.7 Å². The van der Waals surface area contributed by atoms with Gasteiger partial charge in [-0.3, -0.25) is 0 Å². The van der Waals surface area contributed by atoms with Gasteiger partial charge in [0.15, 0.2) is 0 Å². The highest BCUT2D eigenvalue weighted by molar-refractivity contribution is 4.91. The second-order valence-electron chi connectivity index (χ2n) is 6.85. The van der Waals surface area contributed by atoms with Crippen LogP contribution in [-0.2, 0) is 0 Å². The van der Waals surface area contributed by atoms with Gasteiger partial charge in [-0.1, -0.05) is 13.3 Å². The van der Waals surface area contributed by atoms with Crippen LogP contribution in [0.2, 0.25) is 0 Å². The first-order valence-electron chi connectivity index (χ1n) is 7.47. The van der Waals surface area contributed by atoms with E-state index in [0.717, 1.165) is 11.3 Å². The molecule has 0 radical (unpaired) electrons. The molecule has 0 unspecified atom stereocenters. The Bertz CT molecular complexity index is 229. The fourth-order valence-electron chi connectivity index (χ4n) is 3.81. The molecular formula is C15H30N2. The van der Waals surface area contributed by atoms with Crippen LogP contribution in [0.1, 0.15) is 45.4 Å². The van der Waals surface area contributed by atoms with Gasteiger partial charge in [0.25, 0.3) is 0 Å². The van der Waals surface area contributed by atoms with Crippen LogP contribution in [0, 0.1) is 11.3 Å². The molecule has 2 fully saturated rings. The molecule has 1 saturated carbocycles. The van der Waals surface area contributed by atoms with Crippen LogP contribution >= 0.6 is 0 Å². The molecule has 1 saturated heterocycles. The quantitative estimate of drug-likeness (QED) is 0.743. The molecule has 1 spiro atoms. The monoisotopic (exact) mass is 238 g/mol. The summed E-state index contributed by atoms with van der Waals surface area (Å²) in [5.74, 6) is 0.996. The first-order chi connectivity index (χ1) is 8.10. The molecule has 100 valence electrons. The Morgan fingerprint density at radius 2 is 1.88 bits per heavy atom. The van der Waals surface area contributed by atoms with Gasteiger partial charge in [-0.15, -0.1) is 0 Å². The van der Waals surface area contributed by atoms with E-state index in [9.17, 15) is 0 Å². The molecule has 0 aromatic rings. The summed E-state index contributed by atoms with van der Waals surface area (Å²) in [5.41, 5.74) is 0.761. The standard InChI is InChI=1S/C15H30N2/c1-14-5-6-15(13-14)7-11-17(12-8-15)10-4-9-16(2)3/h14H,4-13H2,1-3H3/t14-/m0/s1. The number of piperidine rings is 1. The summed E-state index contributed by atoms with van der Waals surface area (Å²) in [6.07, 6.45) is 8.79. The lowest BCUT2D eigenvalue weighted by Gasteiger charge is -2.39. The van der Waals surface area contributed by atoms with Gasteiger partial charge in [0.1, 0.15) is 0 Å². The summed E-state index contributed by atoms with van der Waals surface area (Å²) in [4.78, 5) is 4.99. The lowest BCUT2D eigenvalue weighted by atomic mass is 9.76. The topological polar surface area (TPSA) is 6.48 Å². The molecule has 0 bridgehead atoms. The van der Waals surface area contributed by atoms with E-state index < -0.39 is 0 Å². The molecule has 2 aliphatic rings. The van der Waals surface area contributed by atoms with E-state index in [1.54, 1.807) is 0 Å². The van der Waals surface area contributed by atoms with E-state index in [2.05, 4.69) is 30.8 Å². The van der Waals surface area contributed by atoms with Gasteiger partial charge in [0.05, 0.1) is 0 Å². The number of likely N-dealkylation sites (tertiary alicyclic amines) is 1. The Kier molecular flexibility index (Phi) is 4.48. The summed E-state index contributed by atoms with van der Waals surface area (Å²) < 4.78 is 0. The molecule has 0 aromatic carbocycles. The maximum Gasteiger partial charge on any atom is -0.000654 e. The van der Waals surface area contributed by atoms with Crippen molar-refractivity contribution in [2.45, 2.75) is 45.4 Å². The van der Waals surface area contributed by atoms with E-state index in [4.69, 9.17) is 0 Å². The first kappa shape index (κ1) is 13.4. The van der Waals surface area contributed by atoms with E-state index >= 15 is 0 Å². The molecule has 1 aliphatic carbocycles. The average Bonchev–Trinajstić information content (AvgIpc) is 2.63. The highest BCUT2D eigenvalue weighted by Crippen LogP contribution is 2.48.